The van der Waals surface area contributed by atoms with Crippen LogP contribution in [0.15, 0.2) is 54.3 Å². The summed E-state index contributed by atoms with van der Waals surface area (Å²) in [7, 11) is 2.01. The second-order valence-electron chi connectivity index (χ2n) is 5.34. The van der Waals surface area contributed by atoms with Gasteiger partial charge in [0, 0.05) is 24.1 Å². The van der Waals surface area contributed by atoms with E-state index in [1.807, 2.05) is 27.0 Å². The Morgan fingerprint density at radius 2 is 1.79 bits per heavy atom. The Kier molecular flexibility index (Phi) is 5.41. The zero-order chi connectivity index (χ0) is 14.5. The summed E-state index contributed by atoms with van der Waals surface area (Å²) >= 11 is 0. The van der Waals surface area contributed by atoms with Crippen molar-refractivity contribution >= 4 is 0 Å². The summed E-state index contributed by atoms with van der Waals surface area (Å²) in [5, 5.41) is 3.36. The minimum absolute atomic E-state index is 0.207. The lowest BCUT2D eigenvalue weighted by atomic mass is 9.85. The molecule has 1 aliphatic rings. The first-order valence-corrected chi connectivity index (χ1v) is 7.20. The minimum Gasteiger partial charge on any atom is -0.391 e. The molecule has 0 aliphatic heterocycles. The zero-order valence-electron chi connectivity index (χ0n) is 13.0. The molecular weight excluding hydrogens is 230 g/mol. The van der Waals surface area contributed by atoms with Gasteiger partial charge in [-0.2, -0.15) is 0 Å². The van der Waals surface area contributed by atoms with E-state index in [9.17, 15) is 0 Å². The third kappa shape index (κ3) is 3.09. The topological polar surface area (TPSA) is 12.0 Å². The lowest BCUT2D eigenvalue weighted by Gasteiger charge is -2.22. The van der Waals surface area contributed by atoms with Gasteiger partial charge in [-0.05, 0) is 17.6 Å². The van der Waals surface area contributed by atoms with E-state index < -0.39 is 0 Å². The van der Waals surface area contributed by atoms with Crippen molar-refractivity contribution in [1.29, 1.82) is 0 Å². The Bertz CT molecular complexity index is 440. The van der Waals surface area contributed by atoms with Crippen LogP contribution in [0.2, 0.25) is 0 Å². The molecule has 0 amide bonds. The van der Waals surface area contributed by atoms with Crippen LogP contribution >= 0.6 is 0 Å². The van der Waals surface area contributed by atoms with E-state index in [0.717, 1.165) is 6.42 Å². The highest BCUT2D eigenvalue weighted by molar-refractivity contribution is 5.43. The summed E-state index contributed by atoms with van der Waals surface area (Å²) in [4.78, 5) is 0. The van der Waals surface area contributed by atoms with Crippen LogP contribution in [0.1, 0.15) is 45.6 Å². The van der Waals surface area contributed by atoms with Crippen molar-refractivity contribution in [2.45, 2.75) is 40.0 Å². The maximum Gasteiger partial charge on any atom is 0.0200 e. The molecule has 1 nitrogen and oxygen atoms in total. The monoisotopic (exact) mass is 257 g/mol. The van der Waals surface area contributed by atoms with Gasteiger partial charge in [0.25, 0.3) is 0 Å². The van der Waals surface area contributed by atoms with Crippen molar-refractivity contribution in [2.75, 3.05) is 7.05 Å². The molecule has 0 bridgehead atoms. The normalized spacial score (nSPS) is 20.6. The lowest BCUT2D eigenvalue weighted by Crippen LogP contribution is -2.20. The fourth-order valence-electron chi connectivity index (χ4n) is 3.00. The standard InChI is InChI=1S/C16H21N.C2H6/c1-5-13-14(12-9-7-6-8-10-12)11-16(2,3)15(13)17-4;1-2/h5-10,14,17H,1,11H2,2-4H3;1-2H3. The second-order valence-corrected chi connectivity index (χ2v) is 5.34. The summed E-state index contributed by atoms with van der Waals surface area (Å²) in [5.41, 5.74) is 4.28. The average molecular weight is 257 g/mol. The smallest absolute Gasteiger partial charge is 0.0200 e. The van der Waals surface area contributed by atoms with Gasteiger partial charge in [0.15, 0.2) is 0 Å². The van der Waals surface area contributed by atoms with Crippen molar-refractivity contribution < 1.29 is 0 Å². The highest BCUT2D eigenvalue weighted by atomic mass is 14.9. The molecule has 1 N–H and O–H groups in total. The molecule has 1 aromatic rings. The molecule has 0 aromatic heterocycles. The number of hydrogen-bond donors (Lipinski definition) is 1. The van der Waals surface area contributed by atoms with Gasteiger partial charge < -0.3 is 5.32 Å². The Morgan fingerprint density at radius 3 is 2.26 bits per heavy atom. The first-order chi connectivity index (χ1) is 9.10. The minimum atomic E-state index is 0.207. The quantitative estimate of drug-likeness (QED) is 0.813. The van der Waals surface area contributed by atoms with Crippen molar-refractivity contribution in [2.24, 2.45) is 5.41 Å². The van der Waals surface area contributed by atoms with E-state index in [2.05, 4.69) is 56.1 Å². The zero-order valence-corrected chi connectivity index (χ0v) is 13.0. The molecule has 0 saturated heterocycles. The number of allylic oxidation sites excluding steroid dienone is 3. The van der Waals surface area contributed by atoms with E-state index in [1.54, 1.807) is 0 Å². The van der Waals surface area contributed by atoms with Crippen molar-refractivity contribution in [3.63, 3.8) is 0 Å². The second kappa shape index (κ2) is 6.60. The summed E-state index contributed by atoms with van der Waals surface area (Å²) in [6.07, 6.45) is 3.16. The van der Waals surface area contributed by atoms with Crippen LogP contribution in [-0.4, -0.2) is 7.05 Å². The first-order valence-electron chi connectivity index (χ1n) is 7.20. The molecule has 1 aliphatic carbocycles. The van der Waals surface area contributed by atoms with Gasteiger partial charge in [0.2, 0.25) is 0 Å². The molecule has 19 heavy (non-hydrogen) atoms. The van der Waals surface area contributed by atoms with Crippen LogP contribution < -0.4 is 5.32 Å². The molecule has 0 saturated carbocycles. The Labute approximate surface area is 118 Å². The van der Waals surface area contributed by atoms with Crippen molar-refractivity contribution in [3.8, 4) is 0 Å². The van der Waals surface area contributed by atoms with E-state index in [4.69, 9.17) is 0 Å². The number of nitrogens with one attached hydrogen (secondary N) is 1. The molecule has 1 unspecified atom stereocenters. The molecule has 0 radical (unpaired) electrons. The third-order valence-corrected chi connectivity index (χ3v) is 3.73. The maximum absolute atomic E-state index is 3.98. The molecule has 104 valence electrons. The number of benzene rings is 1. The van der Waals surface area contributed by atoms with E-state index in [1.165, 1.54) is 16.8 Å². The summed E-state index contributed by atoms with van der Waals surface area (Å²) in [5.74, 6) is 0.478. The van der Waals surface area contributed by atoms with Crippen molar-refractivity contribution in [1.82, 2.24) is 5.32 Å². The maximum atomic E-state index is 3.98. The Morgan fingerprint density at radius 1 is 1.21 bits per heavy atom. The van der Waals surface area contributed by atoms with Crippen LogP contribution in [0.3, 0.4) is 0 Å². The predicted molar refractivity (Wildman–Crippen MR) is 85.2 cm³/mol. The molecule has 1 atom stereocenters. The molecule has 0 heterocycles. The van der Waals surface area contributed by atoms with Crippen molar-refractivity contribution in [3.05, 3.63) is 59.8 Å². The van der Waals surface area contributed by atoms with Gasteiger partial charge in [-0.15, -0.1) is 0 Å². The van der Waals surface area contributed by atoms with Crippen LogP contribution in [-0.2, 0) is 0 Å². The lowest BCUT2D eigenvalue weighted by molar-refractivity contribution is 0.406. The van der Waals surface area contributed by atoms with Crippen LogP contribution in [0.4, 0.5) is 0 Å². The van der Waals surface area contributed by atoms with Crippen LogP contribution in [0.25, 0.3) is 0 Å². The molecule has 1 heteroatoms. The van der Waals surface area contributed by atoms with Crippen LogP contribution in [0.5, 0.6) is 0 Å². The molecule has 0 spiro atoms. The fraction of sp³-hybridized carbons (Fsp3) is 0.444. The van der Waals surface area contributed by atoms with Gasteiger partial charge in [0.05, 0.1) is 0 Å². The molecular formula is C18H27N. The van der Waals surface area contributed by atoms with Gasteiger partial charge in [-0.3, -0.25) is 0 Å². The highest BCUT2D eigenvalue weighted by Gasteiger charge is 2.38. The predicted octanol–water partition coefficient (Wildman–Crippen LogP) is 4.89. The number of rotatable bonds is 3. The van der Waals surface area contributed by atoms with Gasteiger partial charge in [-0.25, -0.2) is 0 Å². The highest BCUT2D eigenvalue weighted by Crippen LogP contribution is 2.49. The fourth-order valence-corrected chi connectivity index (χ4v) is 3.00. The third-order valence-electron chi connectivity index (χ3n) is 3.73. The summed E-state index contributed by atoms with van der Waals surface area (Å²) < 4.78 is 0. The van der Waals surface area contributed by atoms with E-state index >= 15 is 0 Å². The first kappa shape index (κ1) is 15.6. The van der Waals surface area contributed by atoms with Gasteiger partial charge in [-0.1, -0.05) is 70.7 Å². The summed E-state index contributed by atoms with van der Waals surface area (Å²) in [6.45, 7) is 12.6. The summed E-state index contributed by atoms with van der Waals surface area (Å²) in [6, 6.07) is 10.7. The Hall–Kier alpha value is -1.50. The van der Waals surface area contributed by atoms with Gasteiger partial charge in [0.1, 0.15) is 0 Å². The van der Waals surface area contributed by atoms with Crippen LogP contribution in [0, 0.1) is 5.41 Å². The number of hydrogen-bond acceptors (Lipinski definition) is 1. The molecule has 0 fully saturated rings. The average Bonchev–Trinajstić information content (AvgIpc) is 2.72. The van der Waals surface area contributed by atoms with Gasteiger partial charge >= 0.3 is 0 Å². The molecule has 1 aromatic carbocycles. The Balaban J connectivity index is 0.000000861. The van der Waals surface area contributed by atoms with E-state index in [0.29, 0.717) is 5.92 Å². The largest absolute Gasteiger partial charge is 0.391 e. The van der Waals surface area contributed by atoms with E-state index in [-0.39, 0.29) is 5.41 Å². The SMILES string of the molecule is C=CC1=C(NC)C(C)(C)CC1c1ccccc1.CC. The molecule has 2 rings (SSSR count).